The number of unbranched alkanes of at least 4 members (excludes halogenated alkanes) is 6. The first-order valence-corrected chi connectivity index (χ1v) is 21.7. The molecule has 0 saturated heterocycles. The molecule has 2 aliphatic rings. The van der Waals surface area contributed by atoms with Crippen LogP contribution < -0.4 is 4.90 Å². The number of carbonyl (C=O) groups excluding carboxylic acids is 4. The van der Waals surface area contributed by atoms with E-state index in [0.29, 0.717) is 38.7 Å². The molecule has 2 aliphatic heterocycles. The second-order valence-electron chi connectivity index (χ2n) is 17.1. The van der Waals surface area contributed by atoms with Crippen LogP contribution >= 0.6 is 0 Å². The predicted octanol–water partition coefficient (Wildman–Crippen LogP) is 13.3. The highest BCUT2D eigenvalue weighted by atomic mass is 16.2. The first-order chi connectivity index (χ1) is 28.6. The Hall–Kier alpha value is -5.88. The molecule has 6 nitrogen and oxygen atoms in total. The molecule has 0 bridgehead atoms. The summed E-state index contributed by atoms with van der Waals surface area (Å²) in [5.74, 6) is -1.11. The first-order valence-electron chi connectivity index (χ1n) is 21.7. The maximum Gasteiger partial charge on any atom is 0.265 e. The van der Waals surface area contributed by atoms with Crippen LogP contribution in [-0.4, -0.2) is 34.6 Å². The van der Waals surface area contributed by atoms with E-state index in [4.69, 9.17) is 0 Å². The van der Waals surface area contributed by atoms with Crippen molar-refractivity contribution in [3.05, 3.63) is 123 Å². The van der Waals surface area contributed by atoms with Gasteiger partial charge in [-0.05, 0) is 143 Å². The molecule has 9 rings (SSSR count). The van der Waals surface area contributed by atoms with Crippen molar-refractivity contribution in [3.8, 4) is 11.1 Å². The van der Waals surface area contributed by atoms with Crippen molar-refractivity contribution in [2.45, 2.75) is 112 Å². The Labute approximate surface area is 346 Å². The summed E-state index contributed by atoms with van der Waals surface area (Å²) in [6.07, 6.45) is 10.4. The highest BCUT2D eigenvalue weighted by Crippen LogP contribution is 2.47. The van der Waals surface area contributed by atoms with E-state index in [1.807, 2.05) is 74.5 Å². The van der Waals surface area contributed by atoms with Gasteiger partial charge in [-0.2, -0.15) is 0 Å². The third kappa shape index (κ3) is 5.97. The SMILES string of the molecule is CCCCCCC(CCCCCC)N1C(=O)c2ccc3c4ccc5c6c(ccc(c7ccc(c2c37)C1=O)c64)C(=O)N(c1cc(C)c(-c2c(C)cccc2C)c(C)c1)C5=O. The lowest BCUT2D eigenvalue weighted by molar-refractivity contribution is 0.0516. The monoisotopic (exact) mass is 780 g/mol. The maximum atomic E-state index is 14.6. The minimum Gasteiger partial charge on any atom is -0.271 e. The van der Waals surface area contributed by atoms with E-state index in [-0.39, 0.29) is 29.7 Å². The first kappa shape index (κ1) is 38.6. The molecule has 298 valence electrons. The van der Waals surface area contributed by atoms with Crippen LogP contribution in [0.1, 0.15) is 142 Å². The van der Waals surface area contributed by atoms with Crippen LogP contribution in [-0.2, 0) is 0 Å². The fourth-order valence-electron chi connectivity index (χ4n) is 10.5. The Morgan fingerprint density at radius 3 is 1.24 bits per heavy atom. The van der Waals surface area contributed by atoms with Gasteiger partial charge in [-0.1, -0.05) is 108 Å². The molecule has 0 saturated carbocycles. The number of aryl methyl sites for hydroxylation is 4. The molecule has 7 aromatic carbocycles. The van der Waals surface area contributed by atoms with Gasteiger partial charge in [-0.25, -0.2) is 4.90 Å². The van der Waals surface area contributed by atoms with E-state index in [1.165, 1.54) is 21.6 Å². The zero-order chi connectivity index (χ0) is 41.3. The summed E-state index contributed by atoms with van der Waals surface area (Å²) >= 11 is 0. The third-order valence-corrected chi connectivity index (χ3v) is 13.3. The Bertz CT molecular complexity index is 2730. The van der Waals surface area contributed by atoms with E-state index < -0.39 is 0 Å². The van der Waals surface area contributed by atoms with Crippen molar-refractivity contribution >= 4 is 72.4 Å². The number of fused-ring (bicyclic) bond motifs is 2. The van der Waals surface area contributed by atoms with Gasteiger partial charge in [0, 0.05) is 39.1 Å². The number of amides is 4. The van der Waals surface area contributed by atoms with Gasteiger partial charge in [0.2, 0.25) is 0 Å². The number of anilines is 1. The molecule has 0 aromatic heterocycles. The molecule has 0 atom stereocenters. The summed E-state index contributed by atoms with van der Waals surface area (Å²) in [7, 11) is 0. The molecule has 0 N–H and O–H groups in total. The molecular weight excluding hydrogens is 729 g/mol. The molecule has 2 heterocycles. The summed E-state index contributed by atoms with van der Waals surface area (Å²) in [6.45, 7) is 12.7. The van der Waals surface area contributed by atoms with E-state index in [0.717, 1.165) is 113 Å². The quantitative estimate of drug-likeness (QED) is 0.0505. The lowest BCUT2D eigenvalue weighted by Crippen LogP contribution is -2.47. The summed E-state index contributed by atoms with van der Waals surface area (Å²) in [6, 6.07) is 25.5. The van der Waals surface area contributed by atoms with Gasteiger partial charge in [-0.15, -0.1) is 0 Å². The Kier molecular flexibility index (Phi) is 9.86. The molecule has 0 fully saturated rings. The average molecular weight is 781 g/mol. The molecule has 0 radical (unpaired) electrons. The van der Waals surface area contributed by atoms with E-state index >= 15 is 0 Å². The van der Waals surface area contributed by atoms with Crippen LogP contribution in [0.15, 0.2) is 78.9 Å². The van der Waals surface area contributed by atoms with Gasteiger partial charge in [0.05, 0.1) is 5.69 Å². The summed E-state index contributed by atoms with van der Waals surface area (Å²) in [5.41, 5.74) is 9.32. The highest BCUT2D eigenvalue weighted by molar-refractivity contribution is 6.43. The van der Waals surface area contributed by atoms with Crippen molar-refractivity contribution in [2.75, 3.05) is 4.90 Å². The van der Waals surface area contributed by atoms with Gasteiger partial charge >= 0.3 is 0 Å². The van der Waals surface area contributed by atoms with Crippen LogP contribution in [0.4, 0.5) is 5.69 Å². The van der Waals surface area contributed by atoms with Crippen molar-refractivity contribution in [2.24, 2.45) is 0 Å². The molecule has 0 spiro atoms. The lowest BCUT2D eigenvalue weighted by Gasteiger charge is -2.35. The Morgan fingerprint density at radius 2 is 0.831 bits per heavy atom. The minimum absolute atomic E-state index is 0.131. The Morgan fingerprint density at radius 1 is 0.441 bits per heavy atom. The smallest absolute Gasteiger partial charge is 0.265 e. The van der Waals surface area contributed by atoms with Gasteiger partial charge in [-0.3, -0.25) is 24.1 Å². The number of hydrogen-bond donors (Lipinski definition) is 0. The molecule has 6 heteroatoms. The molecule has 7 aromatic rings. The highest BCUT2D eigenvalue weighted by Gasteiger charge is 2.39. The van der Waals surface area contributed by atoms with Crippen LogP contribution in [0.3, 0.4) is 0 Å². The summed E-state index contributed by atoms with van der Waals surface area (Å²) < 4.78 is 0. The number of hydrogen-bond acceptors (Lipinski definition) is 4. The van der Waals surface area contributed by atoms with Crippen molar-refractivity contribution in [3.63, 3.8) is 0 Å². The zero-order valence-corrected chi connectivity index (χ0v) is 35.2. The van der Waals surface area contributed by atoms with Crippen molar-refractivity contribution < 1.29 is 19.2 Å². The van der Waals surface area contributed by atoms with E-state index in [9.17, 15) is 19.2 Å². The van der Waals surface area contributed by atoms with E-state index in [2.05, 4.69) is 45.9 Å². The topological polar surface area (TPSA) is 74.8 Å². The largest absolute Gasteiger partial charge is 0.271 e. The van der Waals surface area contributed by atoms with Gasteiger partial charge in [0.1, 0.15) is 0 Å². The molecule has 0 unspecified atom stereocenters. The van der Waals surface area contributed by atoms with Gasteiger partial charge in [0.15, 0.2) is 0 Å². The third-order valence-electron chi connectivity index (χ3n) is 13.3. The summed E-state index contributed by atoms with van der Waals surface area (Å²) in [4.78, 5) is 61.2. The summed E-state index contributed by atoms with van der Waals surface area (Å²) in [5, 5.41) is 6.67. The Balaban J connectivity index is 1.14. The standard InChI is InChI=1S/C53H52N2O4/c1-7-9-11-13-18-34(19-14-12-10-8-2)54-50(56)40-24-20-36-38-22-26-42-49-43(27-23-39(47(38)49)37-21-25-41(51(54)57)48(40)46(36)37)53(59)55(52(42)58)35-28-32(5)45(33(6)29-35)44-30(3)16-15-17-31(44)4/h15-17,20-29,34H,7-14,18-19H2,1-6H3. The second-order valence-corrected chi connectivity index (χ2v) is 17.1. The fraction of sp³-hybridized carbons (Fsp3) is 0.321. The predicted molar refractivity (Wildman–Crippen MR) is 241 cm³/mol. The normalized spacial score (nSPS) is 14.2. The van der Waals surface area contributed by atoms with Crippen LogP contribution in [0, 0.1) is 27.7 Å². The zero-order valence-electron chi connectivity index (χ0n) is 35.2. The minimum atomic E-state index is -0.351. The molecule has 59 heavy (non-hydrogen) atoms. The molecular formula is C53H52N2O4. The molecule has 0 aliphatic carbocycles. The number of imide groups is 2. The number of rotatable bonds is 13. The van der Waals surface area contributed by atoms with Crippen molar-refractivity contribution in [1.29, 1.82) is 0 Å². The van der Waals surface area contributed by atoms with Crippen molar-refractivity contribution in [1.82, 2.24) is 4.90 Å². The second kappa shape index (κ2) is 15.1. The fourth-order valence-corrected chi connectivity index (χ4v) is 10.5. The molecule has 4 amide bonds. The lowest BCUT2D eigenvalue weighted by atomic mass is 9.81. The van der Waals surface area contributed by atoms with Crippen LogP contribution in [0.2, 0.25) is 0 Å². The number of benzene rings is 7. The number of carbonyl (C=O) groups is 4. The van der Waals surface area contributed by atoms with Gasteiger partial charge in [0.25, 0.3) is 23.6 Å². The average Bonchev–Trinajstić information content (AvgIpc) is 3.22. The maximum absolute atomic E-state index is 14.6. The van der Waals surface area contributed by atoms with Crippen LogP contribution in [0.25, 0.3) is 54.2 Å². The van der Waals surface area contributed by atoms with Crippen LogP contribution in [0.5, 0.6) is 0 Å². The number of nitrogens with zero attached hydrogens (tertiary/aromatic N) is 2. The van der Waals surface area contributed by atoms with Gasteiger partial charge < -0.3 is 0 Å². The van der Waals surface area contributed by atoms with E-state index in [1.54, 1.807) is 4.90 Å².